The molecule has 1 unspecified atom stereocenters. The molecule has 10 heteroatoms. The number of carbonyl (C=O) groups is 3. The van der Waals surface area contributed by atoms with Gasteiger partial charge in [-0.1, -0.05) is 49.4 Å². The number of amides is 3. The van der Waals surface area contributed by atoms with Gasteiger partial charge >= 0.3 is 0 Å². The summed E-state index contributed by atoms with van der Waals surface area (Å²) in [6, 6.07) is 4.85. The zero-order chi connectivity index (χ0) is 22.8. The van der Waals surface area contributed by atoms with Crippen LogP contribution in [0.25, 0.3) is 0 Å². The van der Waals surface area contributed by atoms with Crippen molar-refractivity contribution in [3.8, 4) is 0 Å². The number of hydroxylamine groups is 2. The van der Waals surface area contributed by atoms with E-state index in [9.17, 15) is 19.6 Å². The van der Waals surface area contributed by atoms with E-state index < -0.39 is 5.92 Å². The number of likely N-dealkylation sites (tertiary alicyclic amines) is 1. The van der Waals surface area contributed by atoms with Crippen LogP contribution in [0.4, 0.5) is 0 Å². The van der Waals surface area contributed by atoms with Gasteiger partial charge in [-0.15, -0.1) is 0 Å². The zero-order valence-corrected chi connectivity index (χ0v) is 19.2. The first-order valence-electron chi connectivity index (χ1n) is 10.6. The number of hydrogen-bond donors (Lipinski definition) is 3. The number of unbranched alkanes of at least 4 members (excludes halogenated alkanes) is 2. The maximum atomic E-state index is 12.7. The molecule has 1 aliphatic heterocycles. The van der Waals surface area contributed by atoms with Gasteiger partial charge in [0.05, 0.1) is 22.5 Å². The minimum atomic E-state index is -0.495. The fourth-order valence-electron chi connectivity index (χ4n) is 3.53. The minimum Gasteiger partial charge on any atom is -0.339 e. The zero-order valence-electron chi connectivity index (χ0n) is 17.7. The van der Waals surface area contributed by atoms with E-state index in [0.717, 1.165) is 19.3 Å². The second-order valence-electron chi connectivity index (χ2n) is 7.75. The fraction of sp³-hybridized carbons (Fsp3) is 0.571. The molecule has 31 heavy (non-hydrogen) atoms. The van der Waals surface area contributed by atoms with Gasteiger partial charge in [-0.05, 0) is 37.5 Å². The predicted molar refractivity (Wildman–Crippen MR) is 119 cm³/mol. The van der Waals surface area contributed by atoms with Crippen molar-refractivity contribution in [2.45, 2.75) is 51.5 Å². The topological polar surface area (TPSA) is 102 Å². The van der Waals surface area contributed by atoms with Gasteiger partial charge in [-0.3, -0.25) is 25.0 Å². The van der Waals surface area contributed by atoms with Crippen molar-refractivity contribution in [2.75, 3.05) is 19.6 Å². The SMILES string of the molecule is CCCCCC(CN(O)C=O)C(=O)NNC1CCN(C(=O)c2ccc(Cl)c(Cl)c2)CC1. The number of hydrogen-bond acceptors (Lipinski definition) is 5. The van der Waals surface area contributed by atoms with Gasteiger partial charge < -0.3 is 4.90 Å². The van der Waals surface area contributed by atoms with Gasteiger partial charge in [-0.25, -0.2) is 10.5 Å². The maximum Gasteiger partial charge on any atom is 0.253 e. The molecule has 1 saturated heterocycles. The lowest BCUT2D eigenvalue weighted by molar-refractivity contribution is -0.154. The Kier molecular flexibility index (Phi) is 10.5. The Bertz CT molecular complexity index is 757. The number of nitrogens with zero attached hydrogens (tertiary/aromatic N) is 2. The summed E-state index contributed by atoms with van der Waals surface area (Å²) in [6.07, 6.45) is 5.08. The molecule has 1 aromatic carbocycles. The molecule has 1 aromatic rings. The van der Waals surface area contributed by atoms with Gasteiger partial charge in [0.2, 0.25) is 12.3 Å². The Labute approximate surface area is 192 Å². The molecule has 1 fully saturated rings. The molecule has 0 spiro atoms. The molecule has 0 saturated carbocycles. The van der Waals surface area contributed by atoms with Crippen LogP contribution in [-0.2, 0) is 9.59 Å². The highest BCUT2D eigenvalue weighted by molar-refractivity contribution is 6.42. The normalized spacial score (nSPS) is 15.4. The van der Waals surface area contributed by atoms with Crippen molar-refractivity contribution in [3.63, 3.8) is 0 Å². The summed E-state index contributed by atoms with van der Waals surface area (Å²) in [6.45, 7) is 3.11. The second kappa shape index (κ2) is 12.9. The molecule has 0 radical (unpaired) electrons. The van der Waals surface area contributed by atoms with Crippen LogP contribution in [0.1, 0.15) is 55.8 Å². The Hall–Kier alpha value is -1.87. The highest BCUT2D eigenvalue weighted by Crippen LogP contribution is 2.24. The second-order valence-corrected chi connectivity index (χ2v) is 8.56. The molecule has 0 aromatic heterocycles. The molecule has 2 rings (SSSR count). The molecule has 3 amide bonds. The highest BCUT2D eigenvalue weighted by Gasteiger charge is 2.26. The average molecular weight is 473 g/mol. The van der Waals surface area contributed by atoms with E-state index in [1.807, 2.05) is 0 Å². The number of benzene rings is 1. The van der Waals surface area contributed by atoms with Crippen LogP contribution in [-0.4, -0.2) is 59.1 Å². The lowest BCUT2D eigenvalue weighted by atomic mass is 10.0. The summed E-state index contributed by atoms with van der Waals surface area (Å²) < 4.78 is 0. The third-order valence-electron chi connectivity index (χ3n) is 5.40. The van der Waals surface area contributed by atoms with E-state index in [4.69, 9.17) is 23.2 Å². The summed E-state index contributed by atoms with van der Waals surface area (Å²) in [4.78, 5) is 37.6. The summed E-state index contributed by atoms with van der Waals surface area (Å²) in [5, 5.41) is 10.7. The summed E-state index contributed by atoms with van der Waals surface area (Å²) in [5.74, 6) is -0.856. The van der Waals surface area contributed by atoms with Crippen molar-refractivity contribution in [1.29, 1.82) is 0 Å². The van der Waals surface area contributed by atoms with Gasteiger partial charge in [0.1, 0.15) is 0 Å². The van der Waals surface area contributed by atoms with Crippen LogP contribution in [0, 0.1) is 5.92 Å². The average Bonchev–Trinajstić information content (AvgIpc) is 2.78. The molecular formula is C21H30Cl2N4O4. The lowest BCUT2D eigenvalue weighted by Crippen LogP contribution is -2.52. The minimum absolute atomic E-state index is 0.0226. The van der Waals surface area contributed by atoms with Gasteiger partial charge in [-0.2, -0.15) is 0 Å². The van der Waals surface area contributed by atoms with Crippen LogP contribution in [0.5, 0.6) is 0 Å². The monoisotopic (exact) mass is 472 g/mol. The molecular weight excluding hydrogens is 443 g/mol. The molecule has 1 aliphatic rings. The third-order valence-corrected chi connectivity index (χ3v) is 6.14. The standard InChI is InChI=1S/C21H30Cl2N4O4/c1-2-3-4-5-16(13-27(31)14-28)20(29)25-24-17-8-10-26(11-9-17)21(30)15-6-7-18(22)19(23)12-15/h6-7,12,14,16-17,24,31H,2-5,8-11,13H2,1H3,(H,25,29). The van der Waals surface area contributed by atoms with E-state index >= 15 is 0 Å². The van der Waals surface area contributed by atoms with Crippen molar-refractivity contribution in [2.24, 2.45) is 5.92 Å². The van der Waals surface area contributed by atoms with E-state index in [-0.39, 0.29) is 24.4 Å². The Morgan fingerprint density at radius 2 is 1.97 bits per heavy atom. The summed E-state index contributed by atoms with van der Waals surface area (Å²) in [7, 11) is 0. The largest absolute Gasteiger partial charge is 0.339 e. The first kappa shape index (κ1) is 25.4. The smallest absolute Gasteiger partial charge is 0.253 e. The van der Waals surface area contributed by atoms with Crippen LogP contribution in [0.15, 0.2) is 18.2 Å². The first-order valence-corrected chi connectivity index (χ1v) is 11.3. The molecule has 172 valence electrons. The van der Waals surface area contributed by atoms with Crippen molar-refractivity contribution in [1.82, 2.24) is 20.8 Å². The lowest BCUT2D eigenvalue weighted by Gasteiger charge is -2.33. The number of rotatable bonds is 11. The quantitative estimate of drug-likeness (QED) is 0.198. The Balaban J connectivity index is 1.81. The number of piperidine rings is 1. The molecule has 1 atom stereocenters. The van der Waals surface area contributed by atoms with Gasteiger partial charge in [0.15, 0.2) is 0 Å². The maximum absolute atomic E-state index is 12.7. The van der Waals surface area contributed by atoms with E-state index in [1.165, 1.54) is 0 Å². The summed E-state index contributed by atoms with van der Waals surface area (Å²) in [5.41, 5.74) is 6.25. The van der Waals surface area contributed by atoms with Crippen LogP contribution in [0.3, 0.4) is 0 Å². The van der Waals surface area contributed by atoms with E-state index in [2.05, 4.69) is 17.8 Å². The van der Waals surface area contributed by atoms with Crippen molar-refractivity contribution < 1.29 is 19.6 Å². The molecule has 8 nitrogen and oxygen atoms in total. The third kappa shape index (κ3) is 7.96. The van der Waals surface area contributed by atoms with Crippen LogP contribution >= 0.6 is 23.2 Å². The Morgan fingerprint density at radius 1 is 1.26 bits per heavy atom. The number of nitrogens with one attached hydrogen (secondary N) is 2. The number of hydrazine groups is 1. The van der Waals surface area contributed by atoms with Gasteiger partial charge in [0, 0.05) is 24.7 Å². The van der Waals surface area contributed by atoms with E-state index in [1.54, 1.807) is 23.1 Å². The number of halogens is 2. The van der Waals surface area contributed by atoms with Crippen LogP contribution in [0.2, 0.25) is 10.0 Å². The van der Waals surface area contributed by atoms with Gasteiger partial charge in [0.25, 0.3) is 5.91 Å². The van der Waals surface area contributed by atoms with Crippen LogP contribution < -0.4 is 10.9 Å². The van der Waals surface area contributed by atoms with E-state index in [0.29, 0.717) is 59.4 Å². The molecule has 3 N–H and O–H groups in total. The fourth-order valence-corrected chi connectivity index (χ4v) is 3.83. The first-order chi connectivity index (χ1) is 14.8. The molecule has 1 heterocycles. The Morgan fingerprint density at radius 3 is 2.58 bits per heavy atom. The predicted octanol–water partition coefficient (Wildman–Crippen LogP) is 3.26. The van der Waals surface area contributed by atoms with Crippen molar-refractivity contribution >= 4 is 41.4 Å². The highest BCUT2D eigenvalue weighted by atomic mass is 35.5. The summed E-state index contributed by atoms with van der Waals surface area (Å²) >= 11 is 11.9. The molecule has 0 bridgehead atoms. The van der Waals surface area contributed by atoms with Crippen molar-refractivity contribution in [3.05, 3.63) is 33.8 Å². The number of carbonyl (C=O) groups excluding carboxylic acids is 3. The molecule has 0 aliphatic carbocycles.